The molecule has 4 rings (SSSR count). The summed E-state index contributed by atoms with van der Waals surface area (Å²) in [6.07, 6.45) is 3.97. The van der Waals surface area contributed by atoms with Crippen molar-refractivity contribution < 1.29 is 9.47 Å². The molecule has 2 unspecified atom stereocenters. The Morgan fingerprint density at radius 3 is 2.57 bits per heavy atom. The van der Waals surface area contributed by atoms with E-state index in [-0.39, 0.29) is 0 Å². The van der Waals surface area contributed by atoms with Gasteiger partial charge in [-0.3, -0.25) is 0 Å². The Morgan fingerprint density at radius 1 is 1.05 bits per heavy atom. The van der Waals surface area contributed by atoms with Gasteiger partial charge in [-0.2, -0.15) is 4.98 Å². The van der Waals surface area contributed by atoms with E-state index in [2.05, 4.69) is 26.7 Å². The van der Waals surface area contributed by atoms with Gasteiger partial charge in [-0.05, 0) is 19.8 Å². The predicted octanol–water partition coefficient (Wildman–Crippen LogP) is 0.464. The van der Waals surface area contributed by atoms with Crippen LogP contribution in [0.4, 0.5) is 11.9 Å². The lowest BCUT2D eigenvalue weighted by Crippen LogP contribution is -2.48. The molecular formula is C14H21N5O2. The van der Waals surface area contributed by atoms with Crippen LogP contribution in [0.15, 0.2) is 6.33 Å². The van der Waals surface area contributed by atoms with Gasteiger partial charge in [-0.15, -0.1) is 0 Å². The molecule has 1 aromatic rings. The first-order chi connectivity index (χ1) is 10.3. The molecule has 0 radical (unpaired) electrons. The van der Waals surface area contributed by atoms with Crippen molar-refractivity contribution in [3.8, 4) is 0 Å². The fraction of sp³-hybridized carbons (Fsp3) is 0.786. The Balaban J connectivity index is 1.61. The summed E-state index contributed by atoms with van der Waals surface area (Å²) in [5.41, 5.74) is 0. The molecule has 3 fully saturated rings. The van der Waals surface area contributed by atoms with Crippen LogP contribution in [0, 0.1) is 0 Å². The van der Waals surface area contributed by atoms with Crippen LogP contribution < -0.4 is 9.80 Å². The van der Waals surface area contributed by atoms with E-state index < -0.39 is 0 Å². The molecule has 1 aromatic heterocycles. The average molecular weight is 291 g/mol. The van der Waals surface area contributed by atoms with Gasteiger partial charge in [0.05, 0.1) is 44.6 Å². The van der Waals surface area contributed by atoms with Crippen molar-refractivity contribution in [1.29, 1.82) is 0 Å². The topological polar surface area (TPSA) is 63.6 Å². The molecule has 3 aliphatic heterocycles. The zero-order valence-corrected chi connectivity index (χ0v) is 12.3. The molecule has 0 aromatic carbocycles. The van der Waals surface area contributed by atoms with Crippen LogP contribution in [0.1, 0.15) is 19.8 Å². The van der Waals surface area contributed by atoms with Crippen molar-refractivity contribution in [3.63, 3.8) is 0 Å². The summed E-state index contributed by atoms with van der Waals surface area (Å²) < 4.78 is 11.1. The first-order valence-electron chi connectivity index (χ1n) is 7.72. The Kier molecular flexibility index (Phi) is 3.39. The summed E-state index contributed by atoms with van der Waals surface area (Å²) in [5, 5.41) is 0. The summed E-state index contributed by atoms with van der Waals surface area (Å²) in [6.45, 7) is 6.00. The van der Waals surface area contributed by atoms with Crippen LogP contribution >= 0.6 is 0 Å². The molecule has 21 heavy (non-hydrogen) atoms. The standard InChI is InChI=1S/C14H21N5O2/c1-10-6-20-5-4-18(10)13-15-9-16-14(17-13)19-11-2-3-12(19)8-21-7-11/h9-12H,2-8H2,1H3/t10-,11?,12?/m1/s1. The Morgan fingerprint density at radius 2 is 1.81 bits per heavy atom. The normalized spacial score (nSPS) is 32.5. The molecule has 2 bridgehead atoms. The third-order valence-electron chi connectivity index (χ3n) is 4.64. The lowest BCUT2D eigenvalue weighted by Gasteiger charge is -2.36. The van der Waals surface area contributed by atoms with Crippen LogP contribution in [-0.2, 0) is 9.47 Å². The number of aromatic nitrogens is 3. The van der Waals surface area contributed by atoms with Crippen molar-refractivity contribution in [3.05, 3.63) is 6.33 Å². The highest BCUT2D eigenvalue weighted by molar-refractivity contribution is 5.42. The van der Waals surface area contributed by atoms with Gasteiger partial charge in [-0.25, -0.2) is 9.97 Å². The van der Waals surface area contributed by atoms with E-state index in [1.54, 1.807) is 6.33 Å². The fourth-order valence-corrected chi connectivity index (χ4v) is 3.52. The molecule has 0 N–H and O–H groups in total. The molecule has 0 aliphatic carbocycles. The van der Waals surface area contributed by atoms with Crippen LogP contribution in [0.5, 0.6) is 0 Å². The summed E-state index contributed by atoms with van der Waals surface area (Å²) in [6, 6.07) is 1.14. The summed E-state index contributed by atoms with van der Waals surface area (Å²) in [4.78, 5) is 18.1. The third kappa shape index (κ3) is 2.34. The number of ether oxygens (including phenoxy) is 2. The molecule has 0 spiro atoms. The van der Waals surface area contributed by atoms with E-state index in [1.807, 2.05) is 0 Å². The first-order valence-corrected chi connectivity index (χ1v) is 7.72. The zero-order chi connectivity index (χ0) is 14.2. The number of hydrogen-bond donors (Lipinski definition) is 0. The summed E-state index contributed by atoms with van der Waals surface area (Å²) in [7, 11) is 0. The molecule has 7 nitrogen and oxygen atoms in total. The molecule has 7 heteroatoms. The number of morpholine rings is 2. The van der Waals surface area contributed by atoms with Gasteiger partial charge in [0.25, 0.3) is 0 Å². The van der Waals surface area contributed by atoms with E-state index in [0.29, 0.717) is 18.1 Å². The van der Waals surface area contributed by atoms with E-state index >= 15 is 0 Å². The zero-order valence-electron chi connectivity index (χ0n) is 12.3. The summed E-state index contributed by atoms with van der Waals surface area (Å²) in [5.74, 6) is 1.57. The van der Waals surface area contributed by atoms with Crippen LogP contribution in [-0.4, -0.2) is 66.0 Å². The molecule has 3 atom stereocenters. The minimum Gasteiger partial charge on any atom is -0.377 e. The van der Waals surface area contributed by atoms with Gasteiger partial charge in [0, 0.05) is 6.54 Å². The lowest BCUT2D eigenvalue weighted by atomic mass is 10.2. The highest BCUT2D eigenvalue weighted by atomic mass is 16.5. The van der Waals surface area contributed by atoms with Gasteiger partial charge in [-0.1, -0.05) is 0 Å². The first kappa shape index (κ1) is 13.2. The van der Waals surface area contributed by atoms with Crippen molar-refractivity contribution in [2.75, 3.05) is 42.8 Å². The molecular weight excluding hydrogens is 270 g/mol. The smallest absolute Gasteiger partial charge is 0.230 e. The van der Waals surface area contributed by atoms with Crippen LogP contribution in [0.2, 0.25) is 0 Å². The van der Waals surface area contributed by atoms with Gasteiger partial charge in [0.15, 0.2) is 0 Å². The van der Waals surface area contributed by atoms with Crippen LogP contribution in [0.25, 0.3) is 0 Å². The number of hydrogen-bond acceptors (Lipinski definition) is 7. The molecule has 3 aliphatic rings. The largest absolute Gasteiger partial charge is 0.377 e. The van der Waals surface area contributed by atoms with Crippen molar-refractivity contribution in [1.82, 2.24) is 15.0 Å². The SMILES string of the molecule is C[C@@H]1COCCN1c1ncnc(N2C3CCC2COC3)n1. The molecule has 0 amide bonds. The second-order valence-corrected chi connectivity index (χ2v) is 6.03. The average Bonchev–Trinajstić information content (AvgIpc) is 2.77. The monoisotopic (exact) mass is 291 g/mol. The molecule has 3 saturated heterocycles. The quantitative estimate of drug-likeness (QED) is 0.784. The van der Waals surface area contributed by atoms with E-state index in [0.717, 1.165) is 44.9 Å². The van der Waals surface area contributed by atoms with Gasteiger partial charge in [0.1, 0.15) is 6.33 Å². The maximum atomic E-state index is 5.63. The highest BCUT2D eigenvalue weighted by Gasteiger charge is 2.39. The predicted molar refractivity (Wildman–Crippen MR) is 77.6 cm³/mol. The number of anilines is 2. The van der Waals surface area contributed by atoms with Crippen molar-refractivity contribution in [2.45, 2.75) is 37.9 Å². The summed E-state index contributed by atoms with van der Waals surface area (Å²) >= 11 is 0. The van der Waals surface area contributed by atoms with Gasteiger partial charge in [0.2, 0.25) is 11.9 Å². The van der Waals surface area contributed by atoms with Crippen LogP contribution in [0.3, 0.4) is 0 Å². The second-order valence-electron chi connectivity index (χ2n) is 6.03. The van der Waals surface area contributed by atoms with E-state index in [1.165, 1.54) is 12.8 Å². The molecule has 4 heterocycles. The second kappa shape index (κ2) is 5.38. The highest BCUT2D eigenvalue weighted by Crippen LogP contribution is 2.32. The fourth-order valence-electron chi connectivity index (χ4n) is 3.52. The Hall–Kier alpha value is -1.47. The van der Waals surface area contributed by atoms with Gasteiger partial charge < -0.3 is 19.3 Å². The minimum atomic E-state index is 0.301. The maximum absolute atomic E-state index is 5.63. The third-order valence-corrected chi connectivity index (χ3v) is 4.64. The van der Waals surface area contributed by atoms with Crippen molar-refractivity contribution in [2.24, 2.45) is 0 Å². The Labute approximate surface area is 124 Å². The minimum absolute atomic E-state index is 0.301. The molecule has 114 valence electrons. The van der Waals surface area contributed by atoms with E-state index in [9.17, 15) is 0 Å². The maximum Gasteiger partial charge on any atom is 0.230 e. The van der Waals surface area contributed by atoms with E-state index in [4.69, 9.17) is 14.5 Å². The number of fused-ring (bicyclic) bond motifs is 2. The lowest BCUT2D eigenvalue weighted by molar-refractivity contribution is 0.0895. The van der Waals surface area contributed by atoms with Crippen molar-refractivity contribution >= 4 is 11.9 Å². The molecule has 0 saturated carbocycles. The number of nitrogens with zero attached hydrogens (tertiary/aromatic N) is 5. The Bertz CT molecular complexity index is 498. The number of rotatable bonds is 2. The van der Waals surface area contributed by atoms with Gasteiger partial charge >= 0.3 is 0 Å².